The van der Waals surface area contributed by atoms with Gasteiger partial charge in [0.05, 0.1) is 0 Å². The Balaban J connectivity index is 0.000000292. The van der Waals surface area contributed by atoms with Gasteiger partial charge in [-0.05, 0) is 10.4 Å². The minimum absolute atomic E-state index is 0.148. The monoisotopic (exact) mass is 158 g/mol. The second-order valence-electron chi connectivity index (χ2n) is 1.70. The number of imide groups is 1. The Hall–Kier alpha value is -1.59. The van der Waals surface area contributed by atoms with Crippen LogP contribution < -0.4 is 0 Å². The molecule has 0 aromatic carbocycles. The zero-order valence-corrected chi connectivity index (χ0v) is 5.52. The molecule has 11 heavy (non-hydrogen) atoms. The first kappa shape index (κ1) is 9.41. The average molecular weight is 158 g/mol. The third-order valence-corrected chi connectivity index (χ3v) is 1.03. The van der Waals surface area contributed by atoms with E-state index in [-0.39, 0.29) is 17.9 Å². The molecule has 1 fully saturated rings. The normalized spacial score (nSPS) is 15.5. The summed E-state index contributed by atoms with van der Waals surface area (Å²) in [6, 6.07) is 0. The van der Waals surface area contributed by atoms with Gasteiger partial charge in [0.15, 0.2) is 0 Å². The van der Waals surface area contributed by atoms with E-state index in [9.17, 15) is 9.59 Å². The average Bonchev–Trinajstić information content (AvgIpc) is 2.22. The quantitative estimate of drug-likeness (QED) is 0.174. The lowest BCUT2D eigenvalue weighted by atomic mass is 10.4. The van der Waals surface area contributed by atoms with Crippen LogP contribution in [0.25, 0.3) is 10.4 Å². The highest BCUT2D eigenvalue weighted by atomic mass is 16.5. The standard InChI is InChI=1S/C4H5NO3.HN3/c6-3-1-2-4(7)5(3)8;1-3-2/h8H,1-2H2;1H. The van der Waals surface area contributed by atoms with Crippen molar-refractivity contribution in [2.75, 3.05) is 0 Å². The van der Waals surface area contributed by atoms with E-state index >= 15 is 0 Å². The van der Waals surface area contributed by atoms with Crippen molar-refractivity contribution in [3.63, 3.8) is 0 Å². The molecule has 0 aliphatic carbocycles. The van der Waals surface area contributed by atoms with Crippen LogP contribution in [0.2, 0.25) is 0 Å². The molecule has 0 bridgehead atoms. The molecule has 1 aliphatic rings. The van der Waals surface area contributed by atoms with Crippen molar-refractivity contribution in [3.8, 4) is 0 Å². The van der Waals surface area contributed by atoms with E-state index in [4.69, 9.17) is 16.3 Å². The summed E-state index contributed by atoms with van der Waals surface area (Å²) in [7, 11) is 0. The fourth-order valence-electron chi connectivity index (χ4n) is 0.565. The summed E-state index contributed by atoms with van der Waals surface area (Å²) in [4.78, 5) is 22.2. The largest absolute Gasteiger partial charge is 0.279 e. The van der Waals surface area contributed by atoms with Gasteiger partial charge >= 0.3 is 0 Å². The third-order valence-electron chi connectivity index (χ3n) is 1.03. The lowest BCUT2D eigenvalue weighted by Crippen LogP contribution is -2.24. The fourth-order valence-corrected chi connectivity index (χ4v) is 0.565. The molecule has 1 saturated heterocycles. The van der Waals surface area contributed by atoms with Crippen molar-refractivity contribution in [2.24, 2.45) is 0 Å². The molecule has 0 aromatic heterocycles. The van der Waals surface area contributed by atoms with Crippen LogP contribution >= 0.6 is 0 Å². The van der Waals surface area contributed by atoms with Crippen LogP contribution in [-0.4, -0.2) is 22.1 Å². The van der Waals surface area contributed by atoms with E-state index in [2.05, 4.69) is 0 Å². The van der Waals surface area contributed by atoms with Crippen molar-refractivity contribution < 1.29 is 14.8 Å². The molecule has 2 amide bonds. The summed E-state index contributed by atoms with van der Waals surface area (Å²) in [5, 5.41) is 8.57. The topological polar surface area (TPSA) is 118 Å². The van der Waals surface area contributed by atoms with Crippen molar-refractivity contribution in [3.05, 3.63) is 10.4 Å². The molecule has 1 heterocycles. The van der Waals surface area contributed by atoms with Crippen LogP contribution in [0.3, 0.4) is 0 Å². The molecule has 60 valence electrons. The number of hydroxylamine groups is 2. The van der Waals surface area contributed by atoms with Crippen LogP contribution in [0.4, 0.5) is 0 Å². The number of nitrogens with zero attached hydrogens (tertiary/aromatic N) is 3. The number of hydrogen-bond donors (Lipinski definition) is 2. The minimum atomic E-state index is -0.505. The molecular formula is C4H6N4O3. The number of rotatable bonds is 0. The highest BCUT2D eigenvalue weighted by molar-refractivity contribution is 6.00. The van der Waals surface area contributed by atoms with E-state index in [1.54, 1.807) is 4.91 Å². The molecule has 7 nitrogen and oxygen atoms in total. The Bertz CT molecular complexity index is 191. The molecule has 0 aromatic rings. The number of amides is 2. The summed E-state index contributed by atoms with van der Waals surface area (Å²) in [6.07, 6.45) is 0.296. The van der Waals surface area contributed by atoms with Gasteiger partial charge in [0.25, 0.3) is 11.8 Å². The Kier molecular flexibility index (Phi) is 3.65. The molecule has 0 saturated carbocycles. The lowest BCUT2D eigenvalue weighted by molar-refractivity contribution is -0.171. The van der Waals surface area contributed by atoms with Crippen LogP contribution in [-0.2, 0) is 9.59 Å². The van der Waals surface area contributed by atoms with Gasteiger partial charge in [-0.1, -0.05) is 0 Å². The Morgan fingerprint density at radius 1 is 1.45 bits per heavy atom. The van der Waals surface area contributed by atoms with Gasteiger partial charge in [0.2, 0.25) is 0 Å². The van der Waals surface area contributed by atoms with E-state index in [0.29, 0.717) is 0 Å². The van der Waals surface area contributed by atoms with Crippen LogP contribution in [0.5, 0.6) is 0 Å². The minimum Gasteiger partial charge on any atom is -0.279 e. The third kappa shape index (κ3) is 2.65. The summed E-state index contributed by atoms with van der Waals surface area (Å²) in [6.45, 7) is 0. The van der Waals surface area contributed by atoms with Gasteiger partial charge in [-0.15, -0.1) is 5.53 Å². The second kappa shape index (κ2) is 4.26. The van der Waals surface area contributed by atoms with Gasteiger partial charge in [-0.2, -0.15) is 5.06 Å². The van der Waals surface area contributed by atoms with Crippen LogP contribution in [0.1, 0.15) is 12.8 Å². The lowest BCUT2D eigenvalue weighted by Gasteiger charge is -1.98. The summed E-state index contributed by atoms with van der Waals surface area (Å²) >= 11 is 0. The molecule has 0 radical (unpaired) electrons. The van der Waals surface area contributed by atoms with Crippen molar-refractivity contribution in [2.45, 2.75) is 12.8 Å². The maximum atomic E-state index is 10.2. The summed E-state index contributed by atoms with van der Waals surface area (Å²) in [5.41, 5.74) is 12.2. The Morgan fingerprint density at radius 3 is 1.82 bits per heavy atom. The Labute approximate surface area is 61.6 Å². The molecule has 0 atom stereocenters. The SMILES string of the molecule is O=C1CCC(=O)N1O.[N-]=[N+]=N. The molecule has 0 spiro atoms. The van der Waals surface area contributed by atoms with Gasteiger partial charge in [-0.3, -0.25) is 14.8 Å². The summed E-state index contributed by atoms with van der Waals surface area (Å²) < 4.78 is 0. The predicted molar refractivity (Wildman–Crippen MR) is 32.3 cm³/mol. The van der Waals surface area contributed by atoms with Gasteiger partial charge < -0.3 is 0 Å². The molecule has 0 unspecified atom stereocenters. The predicted octanol–water partition coefficient (Wildman–Crippen LogP) is 0.400. The van der Waals surface area contributed by atoms with Gasteiger partial charge in [-0.25, -0.2) is 0 Å². The van der Waals surface area contributed by atoms with Crippen molar-refractivity contribution in [1.82, 2.24) is 5.06 Å². The first-order chi connectivity index (χ1) is 5.13. The first-order valence-electron chi connectivity index (χ1n) is 2.69. The zero-order valence-electron chi connectivity index (χ0n) is 5.52. The van der Waals surface area contributed by atoms with Gasteiger partial charge in [0, 0.05) is 12.8 Å². The number of carbonyl (C=O) groups excluding carboxylic acids is 2. The van der Waals surface area contributed by atoms with Crippen LogP contribution in [0, 0.1) is 5.53 Å². The van der Waals surface area contributed by atoms with E-state index < -0.39 is 11.8 Å². The highest BCUT2D eigenvalue weighted by Crippen LogP contribution is 2.06. The number of hydrogen-bond acceptors (Lipinski definition) is 4. The Morgan fingerprint density at radius 2 is 1.73 bits per heavy atom. The second-order valence-corrected chi connectivity index (χ2v) is 1.70. The maximum Gasteiger partial charge on any atom is 0.253 e. The zero-order chi connectivity index (χ0) is 8.85. The van der Waals surface area contributed by atoms with Crippen molar-refractivity contribution in [1.29, 1.82) is 5.53 Å². The van der Waals surface area contributed by atoms with E-state index in [1.165, 1.54) is 0 Å². The maximum absolute atomic E-state index is 10.2. The molecular weight excluding hydrogens is 152 g/mol. The highest BCUT2D eigenvalue weighted by Gasteiger charge is 2.26. The number of carbonyl (C=O) groups is 2. The fraction of sp³-hybridized carbons (Fsp3) is 0.500. The van der Waals surface area contributed by atoms with Gasteiger partial charge in [0.1, 0.15) is 0 Å². The molecule has 2 N–H and O–H groups in total. The molecule has 7 heteroatoms. The molecule has 1 rings (SSSR count). The van der Waals surface area contributed by atoms with E-state index in [1.807, 2.05) is 0 Å². The number of nitrogens with one attached hydrogen (secondary N) is 1. The summed E-state index contributed by atoms with van der Waals surface area (Å²) in [5.74, 6) is -1.01. The smallest absolute Gasteiger partial charge is 0.253 e. The first-order valence-corrected chi connectivity index (χ1v) is 2.69. The van der Waals surface area contributed by atoms with E-state index in [0.717, 1.165) is 0 Å². The van der Waals surface area contributed by atoms with Crippen molar-refractivity contribution >= 4 is 11.8 Å². The van der Waals surface area contributed by atoms with Crippen LogP contribution in [0.15, 0.2) is 0 Å². The molecule has 1 aliphatic heterocycles.